The zero-order chi connectivity index (χ0) is 40.1. The molecule has 0 fully saturated rings. The third-order valence-corrected chi connectivity index (χ3v) is 11.0. The van der Waals surface area contributed by atoms with Gasteiger partial charge in [-0.05, 0) is 54.9 Å². The number of hydrogen-bond acceptors (Lipinski definition) is 7. The topological polar surface area (TPSA) is 159 Å². The molecule has 4 aromatic rings. The van der Waals surface area contributed by atoms with Gasteiger partial charge in [0.25, 0.3) is 0 Å². The Morgan fingerprint density at radius 2 is 1.69 bits per heavy atom. The highest BCUT2D eigenvalue weighted by Gasteiger charge is 2.47. The van der Waals surface area contributed by atoms with E-state index in [4.69, 9.17) is 4.42 Å². The number of aromatic amines is 1. The first-order valence-electron chi connectivity index (χ1n) is 18.8. The molecule has 2 aromatic carbocycles. The van der Waals surface area contributed by atoms with Crippen LogP contribution in [0.25, 0.3) is 10.9 Å². The van der Waals surface area contributed by atoms with Crippen LogP contribution in [0.3, 0.4) is 0 Å². The average molecular weight is 769 g/mol. The molecule has 4 N–H and O–H groups in total. The maximum atomic E-state index is 14.9. The van der Waals surface area contributed by atoms with Gasteiger partial charge in [0.1, 0.15) is 17.1 Å². The standard InChI is InChI=1S/C40H48F4N6O5/c1-6-22(4)27(19-25(51)18-24-12-9-10-15-31(24)41)35(53)48-39(17-16-32-29(21-39)26-13-11-14-30(34(26)46-32)40(42,43)44)33(52)20-28(23(5)7-2)36-49-50-38(55-36)47-37(54)45-8-3/h9-15,22-23,27-28,46H,6-8,16-21H2,1-5H3,(H,48,53)(H2,45,47,50,54)/t22?,23?,27-,28-,39+/m0/s1. The summed E-state index contributed by atoms with van der Waals surface area (Å²) in [4.78, 5) is 57.8. The van der Waals surface area contributed by atoms with Gasteiger partial charge in [0.15, 0.2) is 5.78 Å². The second-order valence-corrected chi connectivity index (χ2v) is 14.6. The van der Waals surface area contributed by atoms with Crippen molar-refractivity contribution in [2.24, 2.45) is 17.8 Å². The number of carbonyl (C=O) groups excluding carboxylic acids is 4. The molecule has 0 radical (unpaired) electrons. The zero-order valence-electron chi connectivity index (χ0n) is 31.7. The SMILES string of the molecule is CCNC(=O)Nc1nnc([C@@H](CC(=O)[C@@]2(NC(=O)[C@@H](CC(=O)Cc3ccccc3F)C(C)CC)CCc3[nH]c4c(C(F)(F)F)cccc4c3C2)C(C)CC)o1. The van der Waals surface area contributed by atoms with E-state index in [0.717, 1.165) is 6.07 Å². The predicted molar refractivity (Wildman–Crippen MR) is 198 cm³/mol. The number of aromatic nitrogens is 3. The van der Waals surface area contributed by atoms with E-state index < -0.39 is 52.7 Å². The summed E-state index contributed by atoms with van der Waals surface area (Å²) in [6.07, 6.45) is -3.98. The number of urea groups is 1. The lowest BCUT2D eigenvalue weighted by atomic mass is 9.72. The zero-order valence-corrected chi connectivity index (χ0v) is 31.7. The number of carbonyl (C=O) groups is 4. The lowest BCUT2D eigenvalue weighted by Gasteiger charge is -2.39. The van der Waals surface area contributed by atoms with Crippen molar-refractivity contribution >= 4 is 40.4 Å². The molecule has 0 spiro atoms. The largest absolute Gasteiger partial charge is 0.418 e. The maximum absolute atomic E-state index is 14.9. The van der Waals surface area contributed by atoms with E-state index in [1.165, 1.54) is 24.3 Å². The number of rotatable bonds is 16. The Morgan fingerprint density at radius 3 is 2.36 bits per heavy atom. The van der Waals surface area contributed by atoms with Crippen LogP contribution in [0.15, 0.2) is 46.9 Å². The molecule has 55 heavy (non-hydrogen) atoms. The number of halogens is 4. The number of para-hydroxylation sites is 1. The summed E-state index contributed by atoms with van der Waals surface area (Å²) in [6, 6.07) is 9.09. The van der Waals surface area contributed by atoms with Crippen molar-refractivity contribution in [3.8, 4) is 0 Å². The quantitative estimate of drug-likeness (QED) is 0.0846. The number of nitrogens with one attached hydrogen (secondary N) is 4. The fourth-order valence-corrected chi connectivity index (χ4v) is 7.41. The van der Waals surface area contributed by atoms with Crippen LogP contribution in [0, 0.1) is 23.6 Å². The van der Waals surface area contributed by atoms with Crippen molar-refractivity contribution < 1.29 is 41.2 Å². The first-order valence-corrected chi connectivity index (χ1v) is 18.8. The summed E-state index contributed by atoms with van der Waals surface area (Å²) in [6.45, 7) is 9.63. The number of benzene rings is 2. The molecule has 0 aliphatic heterocycles. The third kappa shape index (κ3) is 9.25. The molecule has 1 aliphatic carbocycles. The summed E-state index contributed by atoms with van der Waals surface area (Å²) in [5, 5.41) is 16.5. The smallest absolute Gasteiger partial charge is 0.407 e. The van der Waals surface area contributed by atoms with E-state index in [1.807, 2.05) is 27.7 Å². The molecule has 296 valence electrons. The van der Waals surface area contributed by atoms with Crippen molar-refractivity contribution in [1.29, 1.82) is 0 Å². The molecule has 5 rings (SSSR count). The number of nitrogens with zero attached hydrogens (tertiary/aromatic N) is 2. The molecule has 2 unspecified atom stereocenters. The molecular weight excluding hydrogens is 720 g/mol. The fourth-order valence-electron chi connectivity index (χ4n) is 7.41. The van der Waals surface area contributed by atoms with Gasteiger partial charge in [-0.15, -0.1) is 5.10 Å². The molecule has 5 atom stereocenters. The van der Waals surface area contributed by atoms with Crippen LogP contribution < -0.4 is 16.0 Å². The summed E-state index contributed by atoms with van der Waals surface area (Å²) in [5.74, 6) is -3.72. The normalized spacial score (nSPS) is 17.8. The average Bonchev–Trinajstić information content (AvgIpc) is 3.76. The van der Waals surface area contributed by atoms with Crippen LogP contribution >= 0.6 is 0 Å². The van der Waals surface area contributed by atoms with Crippen LogP contribution in [0.5, 0.6) is 0 Å². The number of aryl methyl sites for hydroxylation is 1. The number of fused-ring (bicyclic) bond motifs is 3. The van der Waals surface area contributed by atoms with Gasteiger partial charge in [0, 0.05) is 55.1 Å². The molecule has 1 aliphatic rings. The van der Waals surface area contributed by atoms with E-state index >= 15 is 0 Å². The third-order valence-electron chi connectivity index (χ3n) is 11.0. The number of anilines is 1. The molecule has 3 amide bonds. The summed E-state index contributed by atoms with van der Waals surface area (Å²) in [7, 11) is 0. The number of amides is 3. The lowest BCUT2D eigenvalue weighted by Crippen LogP contribution is -2.59. The highest BCUT2D eigenvalue weighted by Crippen LogP contribution is 2.42. The molecule has 0 saturated heterocycles. The first-order chi connectivity index (χ1) is 26.1. The van der Waals surface area contributed by atoms with E-state index in [1.54, 1.807) is 19.1 Å². The highest BCUT2D eigenvalue weighted by molar-refractivity contribution is 5.97. The number of Topliss-reactive ketones (excluding diaryl/α,β-unsaturated/α-hetero) is 2. The minimum atomic E-state index is -4.63. The van der Waals surface area contributed by atoms with Crippen LogP contribution in [-0.4, -0.2) is 50.8 Å². The second kappa shape index (κ2) is 17.2. The van der Waals surface area contributed by atoms with Crippen LogP contribution in [0.1, 0.15) is 101 Å². The van der Waals surface area contributed by atoms with Gasteiger partial charge in [-0.2, -0.15) is 13.2 Å². The molecule has 15 heteroatoms. The molecule has 11 nitrogen and oxygen atoms in total. The Kier molecular flexibility index (Phi) is 12.8. The number of ketones is 2. The highest BCUT2D eigenvalue weighted by atomic mass is 19.4. The van der Waals surface area contributed by atoms with Crippen molar-refractivity contribution in [1.82, 2.24) is 25.8 Å². The van der Waals surface area contributed by atoms with Crippen LogP contribution in [0.4, 0.5) is 28.4 Å². The van der Waals surface area contributed by atoms with Gasteiger partial charge in [-0.3, -0.25) is 19.7 Å². The van der Waals surface area contributed by atoms with Crippen LogP contribution in [0.2, 0.25) is 0 Å². The number of H-pyrrole nitrogens is 1. The molecule has 0 saturated carbocycles. The molecule has 0 bridgehead atoms. The Morgan fingerprint density at radius 1 is 0.964 bits per heavy atom. The first kappa shape index (κ1) is 41.1. The van der Waals surface area contributed by atoms with Gasteiger partial charge in [-0.25, -0.2) is 9.18 Å². The van der Waals surface area contributed by atoms with Gasteiger partial charge in [0.05, 0.1) is 11.1 Å². The van der Waals surface area contributed by atoms with Gasteiger partial charge in [-0.1, -0.05) is 76.0 Å². The Bertz CT molecular complexity index is 2030. The van der Waals surface area contributed by atoms with Crippen LogP contribution in [-0.2, 0) is 39.8 Å². The Hall–Kier alpha value is -5.08. The predicted octanol–water partition coefficient (Wildman–Crippen LogP) is 7.85. The maximum Gasteiger partial charge on any atom is 0.418 e. The van der Waals surface area contributed by atoms with E-state index in [2.05, 4.69) is 31.1 Å². The monoisotopic (exact) mass is 768 g/mol. The summed E-state index contributed by atoms with van der Waals surface area (Å²) < 4.78 is 62.5. The summed E-state index contributed by atoms with van der Waals surface area (Å²) in [5.41, 5.74) is -1.28. The Balaban J connectivity index is 1.52. The van der Waals surface area contributed by atoms with Gasteiger partial charge in [0.2, 0.25) is 11.8 Å². The minimum absolute atomic E-state index is 0.0657. The van der Waals surface area contributed by atoms with Crippen molar-refractivity contribution in [2.75, 3.05) is 11.9 Å². The minimum Gasteiger partial charge on any atom is -0.407 e. The fraction of sp³-hybridized carbons (Fsp3) is 0.500. The number of alkyl halides is 3. The van der Waals surface area contributed by atoms with E-state index in [-0.39, 0.29) is 79.1 Å². The lowest BCUT2D eigenvalue weighted by molar-refractivity contribution is -0.137. The van der Waals surface area contributed by atoms with Crippen molar-refractivity contribution in [3.63, 3.8) is 0 Å². The van der Waals surface area contributed by atoms with Crippen molar-refractivity contribution in [2.45, 2.75) is 104 Å². The number of hydrogen-bond donors (Lipinski definition) is 4. The Labute approximate surface area is 316 Å². The van der Waals surface area contributed by atoms with Gasteiger partial charge >= 0.3 is 18.2 Å². The second-order valence-electron chi connectivity index (χ2n) is 14.6. The molecule has 2 heterocycles. The van der Waals surface area contributed by atoms with E-state index in [0.29, 0.717) is 36.0 Å². The molecular formula is C40H48F4N6O5. The molecule has 2 aromatic heterocycles. The summed E-state index contributed by atoms with van der Waals surface area (Å²) >= 11 is 0. The van der Waals surface area contributed by atoms with Gasteiger partial charge < -0.3 is 20.0 Å². The van der Waals surface area contributed by atoms with Crippen molar-refractivity contribution in [3.05, 3.63) is 76.6 Å². The van der Waals surface area contributed by atoms with E-state index in [9.17, 15) is 36.7 Å².